The molecule has 0 spiro atoms. The van der Waals surface area contributed by atoms with Crippen LogP contribution in [0.5, 0.6) is 0 Å². The average molecular weight is 930 g/mol. The van der Waals surface area contributed by atoms with Crippen molar-refractivity contribution in [2.45, 2.75) is 98.1 Å². The molecule has 288 valence electrons. The molecule has 8 aromatic rings. The van der Waals surface area contributed by atoms with Crippen molar-refractivity contribution in [2.24, 2.45) is 4.99 Å². The summed E-state index contributed by atoms with van der Waals surface area (Å²) in [4.78, 5) is 10.2. The summed E-state index contributed by atoms with van der Waals surface area (Å²) >= 11 is 0. The van der Waals surface area contributed by atoms with E-state index in [-0.39, 0.29) is 32.4 Å². The first-order valence-corrected chi connectivity index (χ1v) is 19.8. The van der Waals surface area contributed by atoms with E-state index in [1.807, 2.05) is 46.0 Å². The third-order valence-corrected chi connectivity index (χ3v) is 12.6. The van der Waals surface area contributed by atoms with Crippen molar-refractivity contribution in [3.63, 3.8) is 0 Å². The van der Waals surface area contributed by atoms with Gasteiger partial charge in [-0.05, 0) is 115 Å². The van der Waals surface area contributed by atoms with Crippen LogP contribution in [0.4, 0.5) is 0 Å². The maximum atomic E-state index is 9.53. The first kappa shape index (κ1) is 35.2. The number of nitrogens with zero attached hydrogens (tertiary/aromatic N) is 4. The van der Waals surface area contributed by atoms with Crippen LogP contribution in [0.1, 0.15) is 102 Å². The second kappa shape index (κ2) is 12.8. The van der Waals surface area contributed by atoms with E-state index < -0.39 is 17.5 Å². The standard InChI is InChI=1S/C51H48N4O.Pt/c1-29(2)33-23-34(48-53-51(10)43-18-14-31(4)32(5)42(43)28-50(51,9)56-48)25-37(24-33)54-44-19-13-30(3)22-40(44)38-17-16-36(27-46(38)54)55-45-20-15-35(49(6,7)8)26-41(45)39-12-11-21-52-47(39)55;/h11-24,26,29H,28H2,1-10H3;/q-2;+2/t50-,51+;/m0./s1/i28D2;. The number of aliphatic imine (C=N–C) groups is 1. The third kappa shape index (κ3) is 5.44. The summed E-state index contributed by atoms with van der Waals surface area (Å²) < 4.78 is 30.4. The summed E-state index contributed by atoms with van der Waals surface area (Å²) in [6.45, 7) is 21.2. The Morgan fingerprint density at radius 1 is 0.807 bits per heavy atom. The number of hydrogen-bond donors (Lipinski definition) is 0. The Morgan fingerprint density at radius 2 is 1.56 bits per heavy atom. The molecule has 6 heteroatoms. The summed E-state index contributed by atoms with van der Waals surface area (Å²) in [6, 6.07) is 38.0. The molecule has 10 rings (SSSR count). The summed E-state index contributed by atoms with van der Waals surface area (Å²) in [7, 11) is 0. The van der Waals surface area contributed by atoms with E-state index >= 15 is 0 Å². The molecule has 1 aliphatic heterocycles. The number of aromatic nitrogens is 3. The average Bonchev–Trinajstić information content (AvgIpc) is 3.82. The monoisotopic (exact) mass is 929 g/mol. The molecule has 4 heterocycles. The van der Waals surface area contributed by atoms with E-state index in [9.17, 15) is 2.74 Å². The van der Waals surface area contributed by atoms with Crippen molar-refractivity contribution in [2.75, 3.05) is 0 Å². The Hall–Kier alpha value is -4.99. The van der Waals surface area contributed by atoms with E-state index in [0.717, 1.165) is 72.0 Å². The van der Waals surface area contributed by atoms with Crippen LogP contribution in [0, 0.1) is 32.9 Å². The molecule has 0 fully saturated rings. The Labute approximate surface area is 352 Å². The molecule has 1 aliphatic carbocycles. The minimum absolute atomic E-state index is 0. The van der Waals surface area contributed by atoms with Crippen LogP contribution in [0.2, 0.25) is 0 Å². The van der Waals surface area contributed by atoms with Gasteiger partial charge in [-0.25, -0.2) is 4.98 Å². The fourth-order valence-electron chi connectivity index (χ4n) is 8.95. The van der Waals surface area contributed by atoms with Gasteiger partial charge in [0.2, 0.25) is 0 Å². The van der Waals surface area contributed by atoms with E-state index in [1.54, 1.807) is 0 Å². The van der Waals surface area contributed by atoms with E-state index in [2.05, 4.69) is 136 Å². The van der Waals surface area contributed by atoms with Crippen LogP contribution >= 0.6 is 0 Å². The molecule has 2 aliphatic rings. The van der Waals surface area contributed by atoms with Gasteiger partial charge >= 0.3 is 21.1 Å². The van der Waals surface area contributed by atoms with Crippen LogP contribution in [-0.2, 0) is 43.1 Å². The fourth-order valence-corrected chi connectivity index (χ4v) is 8.95. The minimum atomic E-state index is -1.77. The van der Waals surface area contributed by atoms with Crippen LogP contribution < -0.4 is 0 Å². The molecule has 5 aromatic carbocycles. The molecule has 57 heavy (non-hydrogen) atoms. The number of aryl methyl sites for hydroxylation is 2. The number of fused-ring (bicyclic) bond motifs is 9. The molecule has 0 amide bonds. The largest absolute Gasteiger partial charge is 2.00 e. The van der Waals surface area contributed by atoms with Gasteiger partial charge in [0, 0.05) is 31.6 Å². The van der Waals surface area contributed by atoms with Crippen LogP contribution in [-0.4, -0.2) is 25.6 Å². The molecule has 0 radical (unpaired) electrons. The number of rotatable bonds is 4. The van der Waals surface area contributed by atoms with E-state index in [4.69, 9.17) is 14.7 Å². The topological polar surface area (TPSA) is 44.3 Å². The molecule has 0 bridgehead atoms. The minimum Gasteiger partial charge on any atom is -0.511 e. The van der Waals surface area contributed by atoms with Crippen molar-refractivity contribution < 1.29 is 28.5 Å². The summed E-state index contributed by atoms with van der Waals surface area (Å²) in [5.74, 6) is 0.600. The first-order chi connectivity index (χ1) is 27.4. The summed E-state index contributed by atoms with van der Waals surface area (Å²) in [5.41, 5.74) is 11.4. The third-order valence-electron chi connectivity index (χ3n) is 12.6. The molecule has 2 atom stereocenters. The summed E-state index contributed by atoms with van der Waals surface area (Å²) in [5, 5.41) is 4.51. The van der Waals surface area contributed by atoms with Gasteiger partial charge in [-0.1, -0.05) is 87.3 Å². The second-order valence-electron chi connectivity index (χ2n) is 17.7. The van der Waals surface area contributed by atoms with Gasteiger partial charge in [-0.15, -0.1) is 41.3 Å². The van der Waals surface area contributed by atoms with E-state index in [0.29, 0.717) is 17.0 Å². The van der Waals surface area contributed by atoms with Gasteiger partial charge in [-0.3, -0.25) is 4.99 Å². The van der Waals surface area contributed by atoms with Gasteiger partial charge in [0.05, 0.1) is 5.52 Å². The van der Waals surface area contributed by atoms with Gasteiger partial charge in [0.15, 0.2) is 0 Å². The van der Waals surface area contributed by atoms with Crippen molar-refractivity contribution in [1.29, 1.82) is 0 Å². The number of hydrogen-bond acceptors (Lipinski definition) is 3. The van der Waals surface area contributed by atoms with Gasteiger partial charge in [0.25, 0.3) is 0 Å². The Kier molecular flexibility index (Phi) is 7.87. The first-order valence-electron chi connectivity index (χ1n) is 20.8. The van der Waals surface area contributed by atoms with Gasteiger partial charge in [0.1, 0.15) is 22.7 Å². The Balaban J connectivity index is 0.00000449. The van der Waals surface area contributed by atoms with Crippen molar-refractivity contribution in [3.8, 4) is 11.4 Å². The smallest absolute Gasteiger partial charge is 0.511 e. The maximum absolute atomic E-state index is 9.53. The fraction of sp³-hybridized carbons (Fsp3) is 0.294. The molecule has 0 unspecified atom stereocenters. The molecule has 3 aromatic heterocycles. The van der Waals surface area contributed by atoms with Crippen molar-refractivity contribution in [1.82, 2.24) is 14.1 Å². The van der Waals surface area contributed by atoms with Gasteiger partial charge in [-0.2, -0.15) is 6.07 Å². The Bertz CT molecular complexity index is 3110. The van der Waals surface area contributed by atoms with Crippen LogP contribution in [0.25, 0.3) is 55.1 Å². The van der Waals surface area contributed by atoms with Crippen molar-refractivity contribution in [3.05, 3.63) is 148 Å². The summed E-state index contributed by atoms with van der Waals surface area (Å²) in [6.07, 6.45) is 0.0899. The van der Waals surface area contributed by atoms with Crippen LogP contribution in [0.15, 0.2) is 96.1 Å². The second-order valence-corrected chi connectivity index (χ2v) is 17.7. The molecule has 0 N–H and O–H groups in total. The molecule has 0 saturated heterocycles. The van der Waals surface area contributed by atoms with Crippen LogP contribution in [0.3, 0.4) is 0 Å². The van der Waals surface area contributed by atoms with E-state index in [1.165, 1.54) is 16.5 Å². The molecular weight excluding hydrogens is 880 g/mol. The zero-order valence-corrected chi connectivity index (χ0v) is 36.5. The zero-order valence-electron chi connectivity index (χ0n) is 36.3. The molecule has 0 saturated carbocycles. The Morgan fingerprint density at radius 3 is 2.33 bits per heavy atom. The normalized spacial score (nSPS) is 20.4. The SMILES string of the molecule is [2H]C1([2H])c2c(ccc(C)c2C)[C@@]2(C)N=C(c3[c-]c(-n4c5[c-]c(-n6c7ccc(C(C)(C)C)cc7c7cccnc76)ccc5c5cc(C)ccc54)cc(C(C)C)c3)O[C@@]12C.[Pt+2]. The predicted octanol–water partition coefficient (Wildman–Crippen LogP) is 12.2. The predicted molar refractivity (Wildman–Crippen MR) is 231 cm³/mol. The van der Waals surface area contributed by atoms with Crippen molar-refractivity contribution >= 4 is 49.6 Å². The molecular formula is C51H48N4OPt. The number of benzene rings is 5. The quantitative estimate of drug-likeness (QED) is 0.165. The number of pyridine rings is 1. The zero-order chi connectivity index (χ0) is 40.8. The van der Waals surface area contributed by atoms with Gasteiger partial charge < -0.3 is 13.9 Å². The molecule has 5 nitrogen and oxygen atoms in total. The maximum Gasteiger partial charge on any atom is 2.00 e. The number of ether oxygens (including phenoxy) is 1.